The summed E-state index contributed by atoms with van der Waals surface area (Å²) in [7, 11) is 0. The van der Waals surface area contributed by atoms with Crippen LogP contribution in [-0.2, 0) is 4.74 Å². The third kappa shape index (κ3) is 4.01. The van der Waals surface area contributed by atoms with Crippen molar-refractivity contribution in [1.82, 2.24) is 0 Å². The molecule has 1 rings (SSSR count). The van der Waals surface area contributed by atoms with Crippen LogP contribution in [0.1, 0.15) is 25.3 Å². The van der Waals surface area contributed by atoms with Crippen LogP contribution in [0.5, 0.6) is 0 Å². The molecule has 0 aromatic heterocycles. The molecule has 0 aliphatic rings. The number of hydrogen-bond donors (Lipinski definition) is 1. The zero-order valence-electron chi connectivity index (χ0n) is 9.85. The van der Waals surface area contributed by atoms with Gasteiger partial charge in [0.1, 0.15) is 0 Å². The Balaban J connectivity index is 2.60. The lowest BCUT2D eigenvalue weighted by atomic mass is 10.2. The molecule has 0 saturated heterocycles. The van der Waals surface area contributed by atoms with Gasteiger partial charge in [0, 0.05) is 11.8 Å². The molecular weight excluding hydrogens is 228 g/mol. The number of rotatable bonds is 4. The fourth-order valence-electron chi connectivity index (χ4n) is 1.26. The number of ether oxygens (including phenoxy) is 1. The van der Waals surface area contributed by atoms with E-state index in [0.29, 0.717) is 6.61 Å². The number of aryl methyl sites for hydroxylation is 1. The Morgan fingerprint density at radius 3 is 2.71 bits per heavy atom. The maximum Gasteiger partial charge on any atom is 0.411 e. The van der Waals surface area contributed by atoms with Gasteiger partial charge in [-0.15, -0.1) is 0 Å². The van der Waals surface area contributed by atoms with Crippen molar-refractivity contribution in [3.63, 3.8) is 0 Å². The van der Waals surface area contributed by atoms with E-state index in [1.807, 2.05) is 6.92 Å². The molecule has 0 unspecified atom stereocenters. The van der Waals surface area contributed by atoms with Gasteiger partial charge in [-0.05, 0) is 25.0 Å². The summed E-state index contributed by atoms with van der Waals surface area (Å²) in [6.07, 6.45) is 1.02. The lowest BCUT2D eigenvalue weighted by Gasteiger charge is -2.08. The predicted octanol–water partition coefficient (Wildman–Crippen LogP) is 3.62. The highest BCUT2D eigenvalue weighted by Gasteiger charge is 2.09. The summed E-state index contributed by atoms with van der Waals surface area (Å²) in [5.41, 5.74) is 0.316. The van der Waals surface area contributed by atoms with Gasteiger partial charge in [-0.3, -0.25) is 5.32 Å². The van der Waals surface area contributed by atoms with Crippen molar-refractivity contribution < 1.29 is 18.3 Å². The first-order valence-corrected chi connectivity index (χ1v) is 5.44. The number of hydrogen-bond acceptors (Lipinski definition) is 2. The number of unbranched alkanes of at least 4 members (excludes halogenated alkanes) is 1. The monoisotopic (exact) mass is 243 g/mol. The normalized spacial score (nSPS) is 10.1. The molecule has 0 bridgehead atoms. The van der Waals surface area contributed by atoms with Crippen LogP contribution in [0.3, 0.4) is 0 Å². The Morgan fingerprint density at radius 1 is 1.41 bits per heavy atom. The van der Waals surface area contributed by atoms with Crippen LogP contribution in [0, 0.1) is 18.6 Å². The van der Waals surface area contributed by atoms with Gasteiger partial charge in [0.2, 0.25) is 0 Å². The molecule has 3 nitrogen and oxygen atoms in total. The third-order valence-electron chi connectivity index (χ3n) is 2.19. The number of nitrogens with one attached hydrogen (secondary N) is 1. The molecular formula is C12H15F2NO2. The summed E-state index contributed by atoms with van der Waals surface area (Å²) < 4.78 is 30.8. The molecule has 1 aromatic rings. The number of carbonyl (C=O) groups excluding carboxylic acids is 1. The molecule has 0 radical (unpaired) electrons. The zero-order chi connectivity index (χ0) is 12.8. The smallest absolute Gasteiger partial charge is 0.411 e. The standard InChI is InChI=1S/C12H15F2NO2/c1-3-4-5-17-12(16)15-9-6-8(2)11(14)10(13)7-9/h6-7H,3-5H2,1-2H3,(H,15,16). The molecule has 0 saturated carbocycles. The Labute approximate surface area is 98.8 Å². The van der Waals surface area contributed by atoms with Crippen LogP contribution < -0.4 is 5.32 Å². The predicted molar refractivity (Wildman–Crippen MR) is 61.0 cm³/mol. The number of amides is 1. The van der Waals surface area contributed by atoms with E-state index in [1.165, 1.54) is 13.0 Å². The second-order valence-corrected chi connectivity index (χ2v) is 3.70. The van der Waals surface area contributed by atoms with E-state index < -0.39 is 17.7 Å². The first-order valence-electron chi connectivity index (χ1n) is 5.44. The third-order valence-corrected chi connectivity index (χ3v) is 2.19. The Kier molecular flexibility index (Phi) is 4.87. The second-order valence-electron chi connectivity index (χ2n) is 3.70. The summed E-state index contributed by atoms with van der Waals surface area (Å²) in [5, 5.41) is 2.34. The minimum absolute atomic E-state index is 0.133. The van der Waals surface area contributed by atoms with Gasteiger partial charge in [0.15, 0.2) is 11.6 Å². The van der Waals surface area contributed by atoms with E-state index in [9.17, 15) is 13.6 Å². The Bertz CT molecular complexity index is 384. The first kappa shape index (κ1) is 13.4. The molecule has 1 N–H and O–H groups in total. The van der Waals surface area contributed by atoms with Gasteiger partial charge in [-0.25, -0.2) is 13.6 Å². The lowest BCUT2D eigenvalue weighted by Crippen LogP contribution is -2.14. The zero-order valence-corrected chi connectivity index (χ0v) is 9.85. The summed E-state index contributed by atoms with van der Waals surface area (Å²) in [6.45, 7) is 3.71. The van der Waals surface area contributed by atoms with E-state index in [4.69, 9.17) is 4.74 Å². The minimum atomic E-state index is -0.992. The van der Waals surface area contributed by atoms with Crippen molar-refractivity contribution in [2.24, 2.45) is 0 Å². The highest BCUT2D eigenvalue weighted by Crippen LogP contribution is 2.17. The van der Waals surface area contributed by atoms with Gasteiger partial charge >= 0.3 is 6.09 Å². The molecule has 1 aromatic carbocycles. The second kappa shape index (κ2) is 6.18. The van der Waals surface area contributed by atoms with E-state index >= 15 is 0 Å². The molecule has 17 heavy (non-hydrogen) atoms. The van der Waals surface area contributed by atoms with Gasteiger partial charge < -0.3 is 4.74 Å². The molecule has 0 aliphatic heterocycles. The summed E-state index contributed by atoms with van der Waals surface area (Å²) in [4.78, 5) is 11.2. The molecule has 0 heterocycles. The van der Waals surface area contributed by atoms with Crippen LogP contribution >= 0.6 is 0 Å². The maximum atomic E-state index is 13.0. The van der Waals surface area contributed by atoms with E-state index in [-0.39, 0.29) is 11.3 Å². The number of halogens is 2. The van der Waals surface area contributed by atoms with Crippen LogP contribution in [0.2, 0.25) is 0 Å². The van der Waals surface area contributed by atoms with Crippen molar-refractivity contribution in [2.45, 2.75) is 26.7 Å². The molecule has 1 amide bonds. The molecule has 94 valence electrons. The van der Waals surface area contributed by atoms with Crippen LogP contribution in [0.15, 0.2) is 12.1 Å². The lowest BCUT2D eigenvalue weighted by molar-refractivity contribution is 0.160. The number of benzene rings is 1. The van der Waals surface area contributed by atoms with Gasteiger partial charge in [-0.2, -0.15) is 0 Å². The van der Waals surface area contributed by atoms with E-state index in [2.05, 4.69) is 5.32 Å². The largest absolute Gasteiger partial charge is 0.449 e. The van der Waals surface area contributed by atoms with Gasteiger partial charge in [0.25, 0.3) is 0 Å². The minimum Gasteiger partial charge on any atom is -0.449 e. The first-order chi connectivity index (χ1) is 8.04. The number of anilines is 1. The highest BCUT2D eigenvalue weighted by atomic mass is 19.2. The van der Waals surface area contributed by atoms with Crippen molar-refractivity contribution >= 4 is 11.8 Å². The number of carbonyl (C=O) groups is 1. The van der Waals surface area contributed by atoms with Crippen LogP contribution in [0.25, 0.3) is 0 Å². The summed E-state index contributed by atoms with van der Waals surface area (Å²) in [5.74, 6) is -1.90. The summed E-state index contributed by atoms with van der Waals surface area (Å²) >= 11 is 0. The molecule has 0 aliphatic carbocycles. The van der Waals surface area contributed by atoms with Crippen molar-refractivity contribution in [2.75, 3.05) is 11.9 Å². The van der Waals surface area contributed by atoms with E-state index in [1.54, 1.807) is 0 Å². The molecule has 0 fully saturated rings. The van der Waals surface area contributed by atoms with Gasteiger partial charge in [0.05, 0.1) is 6.61 Å². The average molecular weight is 243 g/mol. The maximum absolute atomic E-state index is 13.0. The van der Waals surface area contributed by atoms with Crippen molar-refractivity contribution in [1.29, 1.82) is 0 Å². The summed E-state index contributed by atoms with van der Waals surface area (Å²) in [6, 6.07) is 2.27. The van der Waals surface area contributed by atoms with E-state index in [0.717, 1.165) is 18.9 Å². The Hall–Kier alpha value is -1.65. The average Bonchev–Trinajstić information content (AvgIpc) is 2.26. The molecule has 0 spiro atoms. The van der Waals surface area contributed by atoms with Crippen molar-refractivity contribution in [3.8, 4) is 0 Å². The quantitative estimate of drug-likeness (QED) is 0.820. The Morgan fingerprint density at radius 2 is 2.12 bits per heavy atom. The van der Waals surface area contributed by atoms with Crippen molar-refractivity contribution in [3.05, 3.63) is 29.3 Å². The molecule has 5 heteroatoms. The van der Waals surface area contributed by atoms with Crippen LogP contribution in [-0.4, -0.2) is 12.7 Å². The van der Waals surface area contributed by atoms with Crippen LogP contribution in [0.4, 0.5) is 19.3 Å². The SMILES string of the molecule is CCCCOC(=O)Nc1cc(C)c(F)c(F)c1. The fraction of sp³-hybridized carbons (Fsp3) is 0.417. The topological polar surface area (TPSA) is 38.3 Å². The fourth-order valence-corrected chi connectivity index (χ4v) is 1.26. The molecule has 0 atom stereocenters. The highest BCUT2D eigenvalue weighted by molar-refractivity contribution is 5.84. The van der Waals surface area contributed by atoms with Gasteiger partial charge in [-0.1, -0.05) is 13.3 Å².